The molecule has 2 amide bonds. The van der Waals surface area contributed by atoms with E-state index < -0.39 is 0 Å². The van der Waals surface area contributed by atoms with E-state index >= 15 is 0 Å². The van der Waals surface area contributed by atoms with Crippen molar-refractivity contribution in [3.8, 4) is 0 Å². The van der Waals surface area contributed by atoms with Crippen LogP contribution in [-0.2, 0) is 9.59 Å². The molecule has 1 N–H and O–H groups in total. The molecule has 2 heterocycles. The van der Waals surface area contributed by atoms with E-state index in [1.807, 2.05) is 0 Å². The summed E-state index contributed by atoms with van der Waals surface area (Å²) in [6.45, 7) is 3.01. The van der Waals surface area contributed by atoms with E-state index in [0.29, 0.717) is 12.5 Å². The van der Waals surface area contributed by atoms with Crippen molar-refractivity contribution in [3.05, 3.63) is 0 Å². The normalized spacial score (nSPS) is 39.1. The summed E-state index contributed by atoms with van der Waals surface area (Å²) in [7, 11) is 2.06. The standard InChI is InChI=1S/C10H16N2O2/c1-7-5-10(3-4-12(7)2)6-8(13)11-9(10)14/h7H,3-6H2,1-2H3,(H,11,13,14). The molecule has 2 atom stereocenters. The second-order valence-corrected chi connectivity index (χ2v) is 4.62. The third-order valence-electron chi connectivity index (χ3n) is 3.62. The average molecular weight is 196 g/mol. The van der Waals surface area contributed by atoms with Gasteiger partial charge in [-0.05, 0) is 33.4 Å². The van der Waals surface area contributed by atoms with Gasteiger partial charge in [-0.2, -0.15) is 0 Å². The number of nitrogens with one attached hydrogen (secondary N) is 1. The van der Waals surface area contributed by atoms with Gasteiger partial charge >= 0.3 is 0 Å². The minimum absolute atomic E-state index is 0.0533. The van der Waals surface area contributed by atoms with Gasteiger partial charge < -0.3 is 4.90 Å². The van der Waals surface area contributed by atoms with Gasteiger partial charge in [0.15, 0.2) is 0 Å². The van der Waals surface area contributed by atoms with Gasteiger partial charge in [-0.3, -0.25) is 14.9 Å². The molecule has 0 saturated carbocycles. The lowest BCUT2D eigenvalue weighted by Gasteiger charge is -2.39. The third kappa shape index (κ3) is 1.34. The number of carbonyl (C=O) groups is 2. The molecule has 2 aliphatic heterocycles. The number of imide groups is 1. The summed E-state index contributed by atoms with van der Waals surface area (Å²) in [6.07, 6.45) is 2.01. The van der Waals surface area contributed by atoms with Crippen molar-refractivity contribution in [1.82, 2.24) is 10.2 Å². The largest absolute Gasteiger partial charge is 0.304 e. The molecule has 0 bridgehead atoms. The van der Waals surface area contributed by atoms with Crippen LogP contribution in [0, 0.1) is 5.41 Å². The first-order valence-corrected chi connectivity index (χ1v) is 5.08. The second-order valence-electron chi connectivity index (χ2n) is 4.62. The zero-order valence-electron chi connectivity index (χ0n) is 8.67. The van der Waals surface area contributed by atoms with Gasteiger partial charge in [0.25, 0.3) is 0 Å². The zero-order valence-corrected chi connectivity index (χ0v) is 8.67. The Labute approximate surface area is 83.6 Å². The van der Waals surface area contributed by atoms with Crippen LogP contribution in [0.5, 0.6) is 0 Å². The fraction of sp³-hybridized carbons (Fsp3) is 0.800. The fourth-order valence-electron chi connectivity index (χ4n) is 2.49. The summed E-state index contributed by atoms with van der Waals surface area (Å²) in [5.41, 5.74) is -0.386. The Kier molecular flexibility index (Phi) is 2.10. The fourth-order valence-corrected chi connectivity index (χ4v) is 2.49. The Bertz CT molecular complexity index is 290. The van der Waals surface area contributed by atoms with Crippen molar-refractivity contribution in [2.75, 3.05) is 13.6 Å². The summed E-state index contributed by atoms with van der Waals surface area (Å²) in [6, 6.07) is 0.389. The smallest absolute Gasteiger partial charge is 0.233 e. The summed E-state index contributed by atoms with van der Waals surface area (Å²) in [5, 5.41) is 2.42. The maximum atomic E-state index is 11.7. The van der Waals surface area contributed by atoms with Gasteiger partial charge in [0, 0.05) is 12.5 Å². The van der Waals surface area contributed by atoms with Crippen LogP contribution in [0.1, 0.15) is 26.2 Å². The van der Waals surface area contributed by atoms with E-state index in [0.717, 1.165) is 19.4 Å². The lowest BCUT2D eigenvalue weighted by atomic mass is 9.74. The van der Waals surface area contributed by atoms with Gasteiger partial charge in [-0.25, -0.2) is 0 Å². The van der Waals surface area contributed by atoms with Crippen LogP contribution in [0.25, 0.3) is 0 Å². The first kappa shape index (κ1) is 9.65. The number of hydrogen-bond donors (Lipinski definition) is 1. The average Bonchev–Trinajstić information content (AvgIpc) is 2.36. The van der Waals surface area contributed by atoms with E-state index in [2.05, 4.69) is 24.2 Å². The molecule has 2 saturated heterocycles. The van der Waals surface area contributed by atoms with Crippen LogP contribution in [0.3, 0.4) is 0 Å². The van der Waals surface area contributed by atoms with Crippen LogP contribution in [0.4, 0.5) is 0 Å². The number of nitrogens with zero attached hydrogens (tertiary/aromatic N) is 1. The first-order valence-electron chi connectivity index (χ1n) is 5.08. The molecule has 14 heavy (non-hydrogen) atoms. The SMILES string of the molecule is CC1CC2(CCN1C)CC(=O)NC2=O. The molecule has 4 heteroatoms. The van der Waals surface area contributed by atoms with Gasteiger partial charge in [-0.15, -0.1) is 0 Å². The minimum atomic E-state index is -0.386. The van der Waals surface area contributed by atoms with Crippen molar-refractivity contribution in [2.24, 2.45) is 5.41 Å². The van der Waals surface area contributed by atoms with Crippen LogP contribution in [0.2, 0.25) is 0 Å². The number of rotatable bonds is 0. The molecular formula is C10H16N2O2. The molecule has 0 aliphatic carbocycles. The lowest BCUT2D eigenvalue weighted by Crippen LogP contribution is -2.46. The highest BCUT2D eigenvalue weighted by Crippen LogP contribution is 2.40. The van der Waals surface area contributed by atoms with Crippen LogP contribution in [-0.4, -0.2) is 36.3 Å². The summed E-state index contributed by atoms with van der Waals surface area (Å²) in [4.78, 5) is 25.1. The molecule has 2 unspecified atom stereocenters. The van der Waals surface area contributed by atoms with Crippen LogP contribution >= 0.6 is 0 Å². The summed E-state index contributed by atoms with van der Waals surface area (Å²) >= 11 is 0. The summed E-state index contributed by atoms with van der Waals surface area (Å²) in [5.74, 6) is -0.158. The quantitative estimate of drug-likeness (QED) is 0.560. The van der Waals surface area contributed by atoms with Crippen molar-refractivity contribution >= 4 is 11.8 Å². The number of likely N-dealkylation sites (tertiary alicyclic amines) is 1. The predicted molar refractivity (Wildman–Crippen MR) is 51.5 cm³/mol. The van der Waals surface area contributed by atoms with Crippen molar-refractivity contribution in [3.63, 3.8) is 0 Å². The molecule has 0 aromatic carbocycles. The van der Waals surface area contributed by atoms with Crippen molar-refractivity contribution in [2.45, 2.75) is 32.2 Å². The molecule has 0 radical (unpaired) electrons. The highest BCUT2D eigenvalue weighted by atomic mass is 16.2. The van der Waals surface area contributed by atoms with Crippen LogP contribution in [0.15, 0.2) is 0 Å². The van der Waals surface area contributed by atoms with E-state index in [4.69, 9.17) is 0 Å². The van der Waals surface area contributed by atoms with Gasteiger partial charge in [0.2, 0.25) is 11.8 Å². The first-order chi connectivity index (χ1) is 6.53. The van der Waals surface area contributed by atoms with Gasteiger partial charge in [0.1, 0.15) is 0 Å². The molecule has 4 nitrogen and oxygen atoms in total. The van der Waals surface area contributed by atoms with E-state index in [9.17, 15) is 9.59 Å². The van der Waals surface area contributed by atoms with E-state index in [-0.39, 0.29) is 17.2 Å². The molecule has 2 aliphatic rings. The molecule has 0 aromatic rings. The number of hydrogen-bond acceptors (Lipinski definition) is 3. The highest BCUT2D eigenvalue weighted by Gasteiger charge is 2.49. The Morgan fingerprint density at radius 3 is 2.71 bits per heavy atom. The van der Waals surface area contributed by atoms with Crippen molar-refractivity contribution in [1.29, 1.82) is 0 Å². The maximum absolute atomic E-state index is 11.7. The zero-order chi connectivity index (χ0) is 10.3. The second kappa shape index (κ2) is 3.05. The third-order valence-corrected chi connectivity index (χ3v) is 3.62. The molecule has 0 aromatic heterocycles. The Morgan fingerprint density at radius 1 is 1.50 bits per heavy atom. The molecule has 2 rings (SSSR count). The Hall–Kier alpha value is -0.900. The monoisotopic (exact) mass is 196 g/mol. The summed E-state index contributed by atoms with van der Waals surface area (Å²) < 4.78 is 0. The molecule has 78 valence electrons. The predicted octanol–water partition coefficient (Wildman–Crippen LogP) is 0.133. The number of carbonyl (C=O) groups excluding carboxylic acids is 2. The number of amides is 2. The van der Waals surface area contributed by atoms with E-state index in [1.165, 1.54) is 0 Å². The maximum Gasteiger partial charge on any atom is 0.233 e. The molecule has 1 spiro atoms. The highest BCUT2D eigenvalue weighted by molar-refractivity contribution is 6.05. The van der Waals surface area contributed by atoms with Gasteiger partial charge in [-0.1, -0.05) is 0 Å². The Morgan fingerprint density at radius 2 is 2.21 bits per heavy atom. The molecule has 2 fully saturated rings. The Balaban J connectivity index is 2.18. The van der Waals surface area contributed by atoms with Crippen molar-refractivity contribution < 1.29 is 9.59 Å². The van der Waals surface area contributed by atoms with Gasteiger partial charge in [0.05, 0.1) is 5.41 Å². The lowest BCUT2D eigenvalue weighted by molar-refractivity contribution is -0.131. The molecular weight excluding hydrogens is 180 g/mol. The van der Waals surface area contributed by atoms with Crippen LogP contribution < -0.4 is 5.32 Å². The van der Waals surface area contributed by atoms with E-state index in [1.54, 1.807) is 0 Å². The topological polar surface area (TPSA) is 49.4 Å². The number of piperidine rings is 1. The minimum Gasteiger partial charge on any atom is -0.304 e.